The minimum absolute atomic E-state index is 0.0825. The SMILES string of the molecule is Cc1ccc(C)c(S(=O)(=O)N2CCN(C(=O)C[C@@H]3CCS(=O)(=O)C3)CC2)c1. The van der Waals surface area contributed by atoms with Crippen LogP contribution in [0.4, 0.5) is 0 Å². The average Bonchev–Trinajstić information content (AvgIpc) is 2.95. The lowest BCUT2D eigenvalue weighted by atomic mass is 10.0. The molecule has 0 N–H and O–H groups in total. The van der Waals surface area contributed by atoms with Gasteiger partial charge in [0.1, 0.15) is 0 Å². The number of aryl methyl sites for hydroxylation is 2. The summed E-state index contributed by atoms with van der Waals surface area (Å²) in [6.45, 7) is 4.82. The maximum atomic E-state index is 12.9. The molecule has 150 valence electrons. The number of carbonyl (C=O) groups is 1. The van der Waals surface area contributed by atoms with E-state index in [0.717, 1.165) is 5.56 Å². The van der Waals surface area contributed by atoms with E-state index in [1.54, 1.807) is 24.0 Å². The van der Waals surface area contributed by atoms with E-state index < -0.39 is 19.9 Å². The maximum Gasteiger partial charge on any atom is 0.243 e. The number of amides is 1. The monoisotopic (exact) mass is 414 g/mol. The first-order chi connectivity index (χ1) is 12.6. The van der Waals surface area contributed by atoms with Gasteiger partial charge in [0.05, 0.1) is 16.4 Å². The largest absolute Gasteiger partial charge is 0.340 e. The molecule has 0 unspecified atom stereocenters. The highest BCUT2D eigenvalue weighted by Crippen LogP contribution is 2.25. The van der Waals surface area contributed by atoms with Crippen LogP contribution in [0.3, 0.4) is 0 Å². The molecule has 1 aromatic rings. The van der Waals surface area contributed by atoms with Crippen molar-refractivity contribution < 1.29 is 21.6 Å². The van der Waals surface area contributed by atoms with E-state index >= 15 is 0 Å². The van der Waals surface area contributed by atoms with Crippen LogP contribution in [0.5, 0.6) is 0 Å². The van der Waals surface area contributed by atoms with Gasteiger partial charge in [0.25, 0.3) is 0 Å². The van der Waals surface area contributed by atoms with Crippen LogP contribution >= 0.6 is 0 Å². The third-order valence-electron chi connectivity index (χ3n) is 5.34. The molecule has 1 aromatic carbocycles. The number of carbonyl (C=O) groups excluding carboxylic acids is 1. The van der Waals surface area contributed by atoms with Crippen molar-refractivity contribution in [2.45, 2.75) is 31.6 Å². The Bertz CT molecular complexity index is 932. The first-order valence-corrected chi connectivity index (χ1v) is 12.4. The normalized spacial score (nSPS) is 23.5. The van der Waals surface area contributed by atoms with Crippen molar-refractivity contribution in [1.29, 1.82) is 0 Å². The zero-order valence-electron chi connectivity index (χ0n) is 15.7. The summed E-state index contributed by atoms with van der Waals surface area (Å²) in [6.07, 6.45) is 0.762. The molecule has 0 aromatic heterocycles. The molecule has 0 saturated carbocycles. The van der Waals surface area contributed by atoms with Crippen molar-refractivity contribution in [2.75, 3.05) is 37.7 Å². The van der Waals surface area contributed by atoms with Crippen LogP contribution in [-0.4, -0.2) is 69.6 Å². The molecule has 2 fully saturated rings. The van der Waals surface area contributed by atoms with Gasteiger partial charge >= 0.3 is 0 Å². The molecule has 27 heavy (non-hydrogen) atoms. The molecule has 1 atom stereocenters. The van der Waals surface area contributed by atoms with Crippen LogP contribution in [0, 0.1) is 19.8 Å². The van der Waals surface area contributed by atoms with Gasteiger partial charge in [-0.2, -0.15) is 4.31 Å². The number of nitrogens with zero attached hydrogens (tertiary/aromatic N) is 2. The maximum absolute atomic E-state index is 12.9. The quantitative estimate of drug-likeness (QED) is 0.732. The van der Waals surface area contributed by atoms with Crippen LogP contribution in [-0.2, 0) is 24.7 Å². The smallest absolute Gasteiger partial charge is 0.243 e. The highest BCUT2D eigenvalue weighted by Gasteiger charge is 2.34. The Morgan fingerprint density at radius 3 is 2.41 bits per heavy atom. The Kier molecular flexibility index (Phi) is 5.65. The van der Waals surface area contributed by atoms with Gasteiger partial charge in [-0.25, -0.2) is 16.8 Å². The Morgan fingerprint density at radius 1 is 1.15 bits per heavy atom. The number of sulfone groups is 1. The van der Waals surface area contributed by atoms with E-state index in [9.17, 15) is 21.6 Å². The van der Waals surface area contributed by atoms with Gasteiger partial charge in [-0.05, 0) is 43.4 Å². The molecule has 7 nitrogen and oxygen atoms in total. The van der Waals surface area contributed by atoms with Crippen LogP contribution in [0.25, 0.3) is 0 Å². The molecule has 1 amide bonds. The molecule has 2 aliphatic rings. The lowest BCUT2D eigenvalue weighted by Gasteiger charge is -2.34. The minimum Gasteiger partial charge on any atom is -0.340 e. The zero-order valence-corrected chi connectivity index (χ0v) is 17.4. The van der Waals surface area contributed by atoms with Crippen molar-refractivity contribution >= 4 is 25.8 Å². The van der Waals surface area contributed by atoms with E-state index in [4.69, 9.17) is 0 Å². The number of hydrogen-bond acceptors (Lipinski definition) is 5. The van der Waals surface area contributed by atoms with Crippen LogP contribution in [0.15, 0.2) is 23.1 Å². The Balaban J connectivity index is 1.61. The number of sulfonamides is 1. The van der Waals surface area contributed by atoms with Crippen LogP contribution in [0.1, 0.15) is 24.0 Å². The second-order valence-electron chi connectivity index (χ2n) is 7.53. The number of benzene rings is 1. The van der Waals surface area contributed by atoms with E-state index in [1.807, 2.05) is 13.0 Å². The summed E-state index contributed by atoms with van der Waals surface area (Å²) >= 11 is 0. The van der Waals surface area contributed by atoms with Gasteiger partial charge < -0.3 is 4.90 Å². The number of rotatable bonds is 4. The van der Waals surface area contributed by atoms with E-state index in [-0.39, 0.29) is 42.8 Å². The molecule has 0 radical (unpaired) electrons. The second-order valence-corrected chi connectivity index (χ2v) is 11.7. The highest BCUT2D eigenvalue weighted by atomic mass is 32.2. The lowest BCUT2D eigenvalue weighted by molar-refractivity contribution is -0.133. The molecule has 0 spiro atoms. The Hall–Kier alpha value is -1.45. The van der Waals surface area contributed by atoms with Crippen molar-refractivity contribution in [3.05, 3.63) is 29.3 Å². The van der Waals surface area contributed by atoms with Crippen molar-refractivity contribution in [3.8, 4) is 0 Å². The third-order valence-corrected chi connectivity index (χ3v) is 9.22. The third kappa shape index (κ3) is 4.52. The molecule has 0 aliphatic carbocycles. The first kappa shape index (κ1) is 20.3. The van der Waals surface area contributed by atoms with Crippen molar-refractivity contribution in [1.82, 2.24) is 9.21 Å². The molecular weight excluding hydrogens is 388 g/mol. The molecule has 2 saturated heterocycles. The summed E-state index contributed by atoms with van der Waals surface area (Å²) in [5.41, 5.74) is 1.60. The Labute approximate surface area is 161 Å². The molecule has 9 heteroatoms. The number of piperazine rings is 1. The van der Waals surface area contributed by atoms with Gasteiger partial charge in [-0.3, -0.25) is 4.79 Å². The summed E-state index contributed by atoms with van der Waals surface area (Å²) in [5.74, 6) is 0.0482. The van der Waals surface area contributed by atoms with Gasteiger partial charge in [0, 0.05) is 32.6 Å². The molecule has 3 rings (SSSR count). The van der Waals surface area contributed by atoms with Gasteiger partial charge in [0.15, 0.2) is 9.84 Å². The Morgan fingerprint density at radius 2 is 1.81 bits per heavy atom. The van der Waals surface area contributed by atoms with E-state index in [1.165, 1.54) is 4.31 Å². The predicted octanol–water partition coefficient (Wildman–Crippen LogP) is 0.961. The molecule has 0 bridgehead atoms. The molecular formula is C18H26N2O5S2. The minimum atomic E-state index is -3.59. The van der Waals surface area contributed by atoms with Crippen LogP contribution in [0.2, 0.25) is 0 Å². The molecule has 2 aliphatic heterocycles. The van der Waals surface area contributed by atoms with Gasteiger partial charge in [-0.1, -0.05) is 12.1 Å². The first-order valence-electron chi connectivity index (χ1n) is 9.14. The summed E-state index contributed by atoms with van der Waals surface area (Å²) < 4.78 is 50.4. The number of hydrogen-bond donors (Lipinski definition) is 0. The van der Waals surface area contributed by atoms with E-state index in [0.29, 0.717) is 30.0 Å². The fraction of sp³-hybridized carbons (Fsp3) is 0.611. The van der Waals surface area contributed by atoms with E-state index in [2.05, 4.69) is 0 Å². The standard InChI is InChI=1S/C18H26N2O5S2/c1-14-3-4-15(2)17(11-14)27(24,25)20-8-6-19(7-9-20)18(21)12-16-5-10-26(22,23)13-16/h3-4,11,16H,5-10,12-13H2,1-2H3/t16-/m0/s1. The fourth-order valence-electron chi connectivity index (χ4n) is 3.71. The lowest BCUT2D eigenvalue weighted by Crippen LogP contribution is -2.50. The van der Waals surface area contributed by atoms with Crippen LogP contribution < -0.4 is 0 Å². The fourth-order valence-corrected chi connectivity index (χ4v) is 7.31. The predicted molar refractivity (Wildman–Crippen MR) is 103 cm³/mol. The van der Waals surface area contributed by atoms with Crippen molar-refractivity contribution in [2.24, 2.45) is 5.92 Å². The summed E-state index contributed by atoms with van der Waals surface area (Å²) in [4.78, 5) is 14.4. The van der Waals surface area contributed by atoms with Crippen molar-refractivity contribution in [3.63, 3.8) is 0 Å². The second kappa shape index (κ2) is 7.52. The summed E-state index contributed by atoms with van der Waals surface area (Å²) in [7, 11) is -6.58. The highest BCUT2D eigenvalue weighted by molar-refractivity contribution is 7.91. The summed E-state index contributed by atoms with van der Waals surface area (Å²) in [6, 6.07) is 5.37. The topological polar surface area (TPSA) is 91.8 Å². The van der Waals surface area contributed by atoms with Gasteiger partial charge in [0.2, 0.25) is 15.9 Å². The zero-order chi connectivity index (χ0) is 19.8. The molecule has 2 heterocycles. The van der Waals surface area contributed by atoms with Gasteiger partial charge in [-0.15, -0.1) is 0 Å². The summed E-state index contributed by atoms with van der Waals surface area (Å²) in [5, 5.41) is 0. The average molecular weight is 415 g/mol.